The van der Waals surface area contributed by atoms with Gasteiger partial charge in [0, 0.05) is 12.6 Å². The van der Waals surface area contributed by atoms with Crippen LogP contribution in [0.4, 0.5) is 0 Å². The van der Waals surface area contributed by atoms with Gasteiger partial charge in [0.2, 0.25) is 0 Å². The molecule has 1 N–H and O–H groups in total. The van der Waals surface area contributed by atoms with Gasteiger partial charge in [-0.1, -0.05) is 20.3 Å². The van der Waals surface area contributed by atoms with Gasteiger partial charge in [-0.15, -0.1) is 0 Å². The van der Waals surface area contributed by atoms with Gasteiger partial charge in [-0.05, 0) is 57.2 Å². The molecule has 2 rings (SSSR count). The van der Waals surface area contributed by atoms with Gasteiger partial charge < -0.3 is 10.2 Å². The van der Waals surface area contributed by atoms with Gasteiger partial charge in [0.05, 0.1) is 0 Å². The highest BCUT2D eigenvalue weighted by atomic mass is 15.1. The molecule has 0 amide bonds. The first kappa shape index (κ1) is 12.4. The molecular weight excluding hydrogens is 196 g/mol. The van der Waals surface area contributed by atoms with Gasteiger partial charge >= 0.3 is 0 Å². The van der Waals surface area contributed by atoms with Crippen LogP contribution in [0, 0.1) is 11.8 Å². The Morgan fingerprint density at radius 2 is 1.88 bits per heavy atom. The normalized spacial score (nSPS) is 25.9. The van der Waals surface area contributed by atoms with Crippen molar-refractivity contribution in [2.24, 2.45) is 11.8 Å². The first-order valence-corrected chi connectivity index (χ1v) is 7.23. The second-order valence-electron chi connectivity index (χ2n) is 5.94. The molecule has 1 saturated heterocycles. The molecule has 16 heavy (non-hydrogen) atoms. The quantitative estimate of drug-likeness (QED) is 0.746. The molecule has 94 valence electrons. The molecule has 2 heteroatoms. The fourth-order valence-electron chi connectivity index (χ4n) is 2.56. The maximum atomic E-state index is 3.67. The molecule has 1 saturated carbocycles. The molecular formula is C14H28N2. The average Bonchev–Trinajstić information content (AvgIpc) is 3.12. The number of piperidine rings is 1. The zero-order valence-electron chi connectivity index (χ0n) is 11.0. The summed E-state index contributed by atoms with van der Waals surface area (Å²) >= 11 is 0. The smallest absolute Gasteiger partial charge is 0.00683 e. The van der Waals surface area contributed by atoms with Crippen molar-refractivity contribution >= 4 is 0 Å². The van der Waals surface area contributed by atoms with E-state index in [0.29, 0.717) is 0 Å². The number of rotatable bonds is 6. The van der Waals surface area contributed by atoms with Gasteiger partial charge in [0.25, 0.3) is 0 Å². The van der Waals surface area contributed by atoms with Crippen molar-refractivity contribution < 1.29 is 0 Å². The van der Waals surface area contributed by atoms with Crippen LogP contribution in [0.2, 0.25) is 0 Å². The molecule has 0 aromatic carbocycles. The molecule has 1 aliphatic heterocycles. The van der Waals surface area contributed by atoms with E-state index < -0.39 is 0 Å². The van der Waals surface area contributed by atoms with Gasteiger partial charge in [0.15, 0.2) is 0 Å². The Morgan fingerprint density at radius 3 is 2.44 bits per heavy atom. The Balaban J connectivity index is 1.57. The molecule has 0 aromatic rings. The Bertz CT molecular complexity index is 193. The topological polar surface area (TPSA) is 15.3 Å². The Morgan fingerprint density at radius 1 is 1.19 bits per heavy atom. The number of likely N-dealkylation sites (tertiary alicyclic amines) is 1. The van der Waals surface area contributed by atoms with Crippen LogP contribution in [0.25, 0.3) is 0 Å². The second kappa shape index (κ2) is 6.02. The Hall–Kier alpha value is -0.0800. The van der Waals surface area contributed by atoms with Gasteiger partial charge in [-0.25, -0.2) is 0 Å². The molecule has 2 fully saturated rings. The highest BCUT2D eigenvalue weighted by molar-refractivity contribution is 4.83. The van der Waals surface area contributed by atoms with Crippen molar-refractivity contribution in [2.75, 3.05) is 26.2 Å². The van der Waals surface area contributed by atoms with Crippen LogP contribution in [-0.2, 0) is 0 Å². The number of hydrogen-bond acceptors (Lipinski definition) is 2. The van der Waals surface area contributed by atoms with Gasteiger partial charge in [0.1, 0.15) is 0 Å². The van der Waals surface area contributed by atoms with E-state index in [-0.39, 0.29) is 0 Å². The van der Waals surface area contributed by atoms with E-state index in [9.17, 15) is 0 Å². The fourth-order valence-corrected chi connectivity index (χ4v) is 2.56. The van der Waals surface area contributed by atoms with Crippen LogP contribution >= 0.6 is 0 Å². The molecule has 1 aliphatic carbocycles. The molecule has 2 aliphatic rings. The minimum atomic E-state index is 0.876. The van der Waals surface area contributed by atoms with Crippen molar-refractivity contribution in [3.8, 4) is 0 Å². The van der Waals surface area contributed by atoms with Crippen LogP contribution in [-0.4, -0.2) is 37.1 Å². The van der Waals surface area contributed by atoms with Crippen molar-refractivity contribution in [3.05, 3.63) is 0 Å². The van der Waals surface area contributed by atoms with Crippen molar-refractivity contribution in [3.63, 3.8) is 0 Å². The maximum absolute atomic E-state index is 3.67. The lowest BCUT2D eigenvalue weighted by molar-refractivity contribution is 0.161. The van der Waals surface area contributed by atoms with Crippen molar-refractivity contribution in [2.45, 2.75) is 52.0 Å². The highest BCUT2D eigenvalue weighted by Gasteiger charge is 2.24. The molecule has 0 radical (unpaired) electrons. The Kier molecular flexibility index (Phi) is 4.66. The number of nitrogens with one attached hydrogen (secondary N) is 1. The lowest BCUT2D eigenvalue weighted by atomic mass is 9.95. The average molecular weight is 224 g/mol. The summed E-state index contributed by atoms with van der Waals surface area (Å²) in [6.45, 7) is 9.95. The summed E-state index contributed by atoms with van der Waals surface area (Å²) in [7, 11) is 0. The first-order valence-electron chi connectivity index (χ1n) is 7.23. The minimum Gasteiger partial charge on any atom is -0.314 e. The molecule has 0 spiro atoms. The summed E-state index contributed by atoms with van der Waals surface area (Å²) < 4.78 is 0. The lowest BCUT2D eigenvalue weighted by Gasteiger charge is -2.33. The zero-order valence-corrected chi connectivity index (χ0v) is 11.0. The third-order valence-corrected chi connectivity index (χ3v) is 4.25. The third kappa shape index (κ3) is 4.06. The fraction of sp³-hybridized carbons (Fsp3) is 1.00. The third-order valence-electron chi connectivity index (χ3n) is 4.25. The predicted octanol–water partition coefficient (Wildman–Crippen LogP) is 2.50. The summed E-state index contributed by atoms with van der Waals surface area (Å²) in [6.07, 6.45) is 7.00. The van der Waals surface area contributed by atoms with E-state index in [2.05, 4.69) is 24.1 Å². The summed E-state index contributed by atoms with van der Waals surface area (Å²) in [6, 6.07) is 0.887. The predicted molar refractivity (Wildman–Crippen MR) is 69.6 cm³/mol. The highest BCUT2D eigenvalue weighted by Crippen LogP contribution is 2.22. The summed E-state index contributed by atoms with van der Waals surface area (Å²) in [5, 5.41) is 3.67. The molecule has 0 aromatic heterocycles. The van der Waals surface area contributed by atoms with E-state index >= 15 is 0 Å². The van der Waals surface area contributed by atoms with Crippen LogP contribution in [0.15, 0.2) is 0 Å². The van der Waals surface area contributed by atoms with Crippen LogP contribution in [0.3, 0.4) is 0 Å². The largest absolute Gasteiger partial charge is 0.314 e. The van der Waals surface area contributed by atoms with Gasteiger partial charge in [-0.3, -0.25) is 0 Å². The summed E-state index contributed by atoms with van der Waals surface area (Å²) in [5.74, 6) is 1.83. The van der Waals surface area contributed by atoms with E-state index in [1.165, 1.54) is 58.3 Å². The minimum absolute atomic E-state index is 0.876. The molecule has 1 heterocycles. The van der Waals surface area contributed by atoms with E-state index in [4.69, 9.17) is 0 Å². The van der Waals surface area contributed by atoms with Gasteiger partial charge in [-0.2, -0.15) is 0 Å². The standard InChI is InChI=1S/C14H28N2/c1-3-12(2)11-16-8-6-13(7-9-16)10-15-14-4-5-14/h12-15H,3-11H2,1-2H3. The number of nitrogens with zero attached hydrogens (tertiary/aromatic N) is 1. The molecule has 1 atom stereocenters. The maximum Gasteiger partial charge on any atom is 0.00683 e. The SMILES string of the molecule is CCC(C)CN1CCC(CNC2CC2)CC1. The monoisotopic (exact) mass is 224 g/mol. The Labute approximate surface area is 101 Å². The van der Waals surface area contributed by atoms with Crippen LogP contribution in [0.1, 0.15) is 46.0 Å². The van der Waals surface area contributed by atoms with Crippen LogP contribution < -0.4 is 5.32 Å². The first-order chi connectivity index (χ1) is 7.78. The summed E-state index contributed by atoms with van der Waals surface area (Å²) in [4.78, 5) is 2.67. The van der Waals surface area contributed by atoms with E-state index in [0.717, 1.165) is 17.9 Å². The second-order valence-corrected chi connectivity index (χ2v) is 5.94. The van der Waals surface area contributed by atoms with E-state index in [1.54, 1.807) is 0 Å². The van der Waals surface area contributed by atoms with E-state index in [1.807, 2.05) is 0 Å². The van der Waals surface area contributed by atoms with Crippen LogP contribution in [0.5, 0.6) is 0 Å². The molecule has 2 nitrogen and oxygen atoms in total. The summed E-state index contributed by atoms with van der Waals surface area (Å²) in [5.41, 5.74) is 0. The lowest BCUT2D eigenvalue weighted by Crippen LogP contribution is -2.39. The molecule has 1 unspecified atom stereocenters. The number of hydrogen-bond donors (Lipinski definition) is 1. The van der Waals surface area contributed by atoms with Crippen molar-refractivity contribution in [1.82, 2.24) is 10.2 Å². The molecule has 0 bridgehead atoms. The van der Waals surface area contributed by atoms with Crippen molar-refractivity contribution in [1.29, 1.82) is 0 Å². The zero-order chi connectivity index (χ0) is 11.4.